The maximum atomic E-state index is 12.0. The number of halogens is 9. The Morgan fingerprint density at radius 3 is 0.842 bits per heavy atom. The van der Waals surface area contributed by atoms with E-state index in [-0.39, 0.29) is 0 Å². The number of rotatable bonds is 6. The van der Waals surface area contributed by atoms with Crippen molar-refractivity contribution in [2.75, 3.05) is 0 Å². The fraction of sp³-hybridized carbons (Fsp3) is 1.00. The Morgan fingerprint density at radius 1 is 0.474 bits per heavy atom. The van der Waals surface area contributed by atoms with Gasteiger partial charge in [0.05, 0.1) is 0 Å². The van der Waals surface area contributed by atoms with Crippen molar-refractivity contribution in [1.82, 2.24) is 0 Å². The van der Waals surface area contributed by atoms with E-state index >= 15 is 0 Å². The SMILES string of the molecule is FC(F)(F)C[CH2][SnH]([CH2]CC(F)(F)F)[CH2]CC(F)(F)F. The quantitative estimate of drug-likeness (QED) is 0.423. The zero-order chi connectivity index (χ0) is 15.3. The van der Waals surface area contributed by atoms with Gasteiger partial charge in [0.2, 0.25) is 0 Å². The van der Waals surface area contributed by atoms with Gasteiger partial charge in [-0.15, -0.1) is 0 Å². The van der Waals surface area contributed by atoms with Crippen LogP contribution in [0.3, 0.4) is 0 Å². The van der Waals surface area contributed by atoms with Crippen molar-refractivity contribution in [2.24, 2.45) is 0 Å². The molecule has 19 heavy (non-hydrogen) atoms. The van der Waals surface area contributed by atoms with Gasteiger partial charge in [0, 0.05) is 0 Å². The zero-order valence-electron chi connectivity index (χ0n) is 9.72. The average molecular weight is 411 g/mol. The molecule has 0 bridgehead atoms. The van der Waals surface area contributed by atoms with Crippen LogP contribution in [0, 0.1) is 0 Å². The summed E-state index contributed by atoms with van der Waals surface area (Å²) >= 11 is -3.44. The number of hydrogen-bond acceptors (Lipinski definition) is 0. The predicted octanol–water partition coefficient (Wildman–Crippen LogP) is 5.07. The van der Waals surface area contributed by atoms with Crippen molar-refractivity contribution in [3.05, 3.63) is 0 Å². The maximum absolute atomic E-state index is 12.0. The Bertz CT molecular complexity index is 209. The molecular weight excluding hydrogens is 398 g/mol. The Kier molecular flexibility index (Phi) is 7.32. The van der Waals surface area contributed by atoms with Crippen LogP contribution in [0.15, 0.2) is 0 Å². The Hall–Kier alpha value is 0.169. The van der Waals surface area contributed by atoms with Gasteiger partial charge in [-0.3, -0.25) is 0 Å². The first-order valence-corrected chi connectivity index (χ1v) is 12.5. The molecule has 0 radical (unpaired) electrons. The van der Waals surface area contributed by atoms with Crippen LogP contribution < -0.4 is 0 Å². The van der Waals surface area contributed by atoms with E-state index in [0.29, 0.717) is 0 Å². The molecule has 116 valence electrons. The van der Waals surface area contributed by atoms with Gasteiger partial charge in [-0.25, -0.2) is 0 Å². The molecule has 0 fully saturated rings. The van der Waals surface area contributed by atoms with Crippen LogP contribution in [-0.4, -0.2) is 38.3 Å². The summed E-state index contributed by atoms with van der Waals surface area (Å²) in [6.07, 6.45) is -17.4. The molecule has 0 heterocycles. The second-order valence-electron chi connectivity index (χ2n) is 4.33. The fourth-order valence-electron chi connectivity index (χ4n) is 1.54. The Balaban J connectivity index is 4.30. The number of alkyl halides is 9. The summed E-state index contributed by atoms with van der Waals surface area (Å²) in [6.45, 7) is 0. The molecule has 0 saturated carbocycles. The van der Waals surface area contributed by atoms with E-state index in [0.717, 1.165) is 0 Å². The fourth-order valence-corrected chi connectivity index (χ4v) is 10.3. The minimum atomic E-state index is -4.52. The van der Waals surface area contributed by atoms with Gasteiger partial charge >= 0.3 is 110 Å². The third kappa shape index (κ3) is 14.4. The van der Waals surface area contributed by atoms with Gasteiger partial charge in [-0.2, -0.15) is 0 Å². The van der Waals surface area contributed by atoms with E-state index in [1.807, 2.05) is 0 Å². The van der Waals surface area contributed by atoms with Crippen LogP contribution in [0.2, 0.25) is 13.3 Å². The van der Waals surface area contributed by atoms with Crippen LogP contribution in [-0.2, 0) is 0 Å². The predicted molar refractivity (Wildman–Crippen MR) is 53.6 cm³/mol. The van der Waals surface area contributed by atoms with Gasteiger partial charge < -0.3 is 0 Å². The molecule has 10 heteroatoms. The normalized spacial score (nSPS) is 14.2. The molecule has 0 aromatic heterocycles. The van der Waals surface area contributed by atoms with Gasteiger partial charge in [0.1, 0.15) is 0 Å². The first-order valence-electron chi connectivity index (χ1n) is 5.49. The van der Waals surface area contributed by atoms with E-state index in [1.165, 1.54) is 0 Å². The first kappa shape index (κ1) is 19.2. The van der Waals surface area contributed by atoms with Crippen LogP contribution in [0.25, 0.3) is 0 Å². The van der Waals surface area contributed by atoms with Crippen molar-refractivity contribution in [1.29, 1.82) is 0 Å². The molecule has 0 rings (SSSR count). The molecule has 0 amide bonds. The zero-order valence-corrected chi connectivity index (χ0v) is 13.0. The van der Waals surface area contributed by atoms with Gasteiger partial charge in [0.25, 0.3) is 0 Å². The van der Waals surface area contributed by atoms with E-state index in [4.69, 9.17) is 0 Å². The molecule has 0 aromatic carbocycles. The third-order valence-electron chi connectivity index (χ3n) is 2.51. The van der Waals surface area contributed by atoms with E-state index in [2.05, 4.69) is 0 Å². The van der Waals surface area contributed by atoms with Crippen molar-refractivity contribution < 1.29 is 39.5 Å². The van der Waals surface area contributed by atoms with Crippen molar-refractivity contribution in [3.63, 3.8) is 0 Å². The molecule has 0 atom stereocenters. The topological polar surface area (TPSA) is 0 Å². The van der Waals surface area contributed by atoms with Crippen molar-refractivity contribution in [3.8, 4) is 0 Å². The summed E-state index contributed by atoms with van der Waals surface area (Å²) in [4.78, 5) is 0. The molecule has 0 N–H and O–H groups in total. The average Bonchev–Trinajstić information content (AvgIpc) is 2.11. The summed E-state index contributed by atoms with van der Waals surface area (Å²) in [6, 6.07) is 0. The van der Waals surface area contributed by atoms with E-state index < -0.39 is 70.9 Å². The molecule has 0 nitrogen and oxygen atoms in total. The molecule has 0 saturated heterocycles. The van der Waals surface area contributed by atoms with E-state index in [9.17, 15) is 39.5 Å². The van der Waals surface area contributed by atoms with Crippen LogP contribution in [0.1, 0.15) is 19.3 Å². The van der Waals surface area contributed by atoms with Crippen LogP contribution in [0.5, 0.6) is 0 Å². The molecule has 0 aliphatic heterocycles. The molecule has 0 aliphatic carbocycles. The summed E-state index contributed by atoms with van der Waals surface area (Å²) in [5.74, 6) is 0. The molecule has 0 unspecified atom stereocenters. The molecular formula is C9H13F9Sn. The van der Waals surface area contributed by atoms with Crippen molar-refractivity contribution in [2.45, 2.75) is 51.1 Å². The van der Waals surface area contributed by atoms with Gasteiger partial charge in [0.15, 0.2) is 0 Å². The summed E-state index contributed by atoms with van der Waals surface area (Å²) in [5, 5.41) is 0. The molecule has 0 aliphatic rings. The number of hydrogen-bond donors (Lipinski definition) is 0. The van der Waals surface area contributed by atoms with Crippen LogP contribution in [0.4, 0.5) is 39.5 Å². The monoisotopic (exact) mass is 412 g/mol. The van der Waals surface area contributed by atoms with Crippen LogP contribution >= 0.6 is 0 Å². The standard InChI is InChI=1S/3C3H4F3.Sn.H/c3*1-2-3(4,5)6;;/h3*1-2H2;;. The van der Waals surface area contributed by atoms with Gasteiger partial charge in [-0.05, 0) is 0 Å². The third-order valence-corrected chi connectivity index (χ3v) is 12.0. The van der Waals surface area contributed by atoms with Crippen molar-refractivity contribution >= 4 is 19.8 Å². The van der Waals surface area contributed by atoms with Gasteiger partial charge in [-0.1, -0.05) is 0 Å². The summed E-state index contributed by atoms with van der Waals surface area (Å²) < 4.78 is 106. The molecule has 0 aromatic rings. The Labute approximate surface area is 111 Å². The van der Waals surface area contributed by atoms with E-state index in [1.54, 1.807) is 0 Å². The summed E-state index contributed by atoms with van der Waals surface area (Å²) in [7, 11) is 0. The second-order valence-corrected chi connectivity index (χ2v) is 14.2. The Morgan fingerprint density at radius 2 is 0.684 bits per heavy atom. The minimum absolute atomic E-state index is 0.503. The first-order chi connectivity index (χ1) is 8.29. The molecule has 0 spiro atoms. The second kappa shape index (κ2) is 7.26. The summed E-state index contributed by atoms with van der Waals surface area (Å²) in [5.41, 5.74) is 0.